The number of carbonyl (C=O) groups excluding carboxylic acids is 3. The second kappa shape index (κ2) is 11.4. The molecule has 0 saturated carbocycles. The monoisotopic (exact) mass is 566 g/mol. The number of hydrogen-bond acceptors (Lipinski definition) is 5. The van der Waals surface area contributed by atoms with Crippen molar-refractivity contribution in [3.05, 3.63) is 76.5 Å². The molecule has 11 heteroatoms. The molecule has 41 heavy (non-hydrogen) atoms. The number of carbonyl (C=O) groups is 3. The zero-order chi connectivity index (χ0) is 29.3. The Morgan fingerprint density at radius 3 is 2.41 bits per heavy atom. The molecule has 8 nitrogen and oxygen atoms in total. The van der Waals surface area contributed by atoms with Gasteiger partial charge in [-0.1, -0.05) is 18.2 Å². The van der Waals surface area contributed by atoms with Crippen molar-refractivity contribution in [1.82, 2.24) is 9.80 Å². The summed E-state index contributed by atoms with van der Waals surface area (Å²) >= 11 is 0. The first-order chi connectivity index (χ1) is 19.6. The highest BCUT2D eigenvalue weighted by Gasteiger charge is 2.46. The number of allylic oxidation sites excluding steroid dienone is 1. The number of hydrogen-bond donors (Lipinski definition) is 0. The Bertz CT molecular complexity index is 1420. The van der Waals surface area contributed by atoms with Crippen molar-refractivity contribution in [1.29, 1.82) is 5.26 Å². The van der Waals surface area contributed by atoms with Crippen LogP contribution in [0.1, 0.15) is 54.8 Å². The lowest BCUT2D eigenvalue weighted by atomic mass is 9.83. The fourth-order valence-electron chi connectivity index (χ4n) is 5.82. The zero-order valence-electron chi connectivity index (χ0n) is 22.5. The van der Waals surface area contributed by atoms with Gasteiger partial charge in [-0.05, 0) is 61.6 Å². The maximum Gasteiger partial charge on any atom is 0.416 e. The van der Waals surface area contributed by atoms with Crippen molar-refractivity contribution >= 4 is 23.4 Å². The van der Waals surface area contributed by atoms with Crippen molar-refractivity contribution in [2.45, 2.75) is 50.4 Å². The van der Waals surface area contributed by atoms with Gasteiger partial charge in [0.25, 0.3) is 0 Å². The minimum absolute atomic E-state index is 0.0244. The number of amides is 3. The number of ether oxygens (including phenoxy) is 1. The first-order valence-electron chi connectivity index (χ1n) is 13.5. The number of nitriles is 1. The average molecular weight is 567 g/mol. The largest absolute Gasteiger partial charge is 0.416 e. The molecule has 0 bridgehead atoms. The number of alkyl halides is 3. The van der Waals surface area contributed by atoms with Crippen LogP contribution in [0.3, 0.4) is 0 Å². The lowest BCUT2D eigenvalue weighted by molar-refractivity contribution is -0.137. The summed E-state index contributed by atoms with van der Waals surface area (Å²) in [4.78, 5) is 45.3. The summed E-state index contributed by atoms with van der Waals surface area (Å²) in [7, 11) is 1.62. The van der Waals surface area contributed by atoms with Crippen LogP contribution in [0.5, 0.6) is 0 Å². The van der Waals surface area contributed by atoms with Gasteiger partial charge in [0.15, 0.2) is 5.78 Å². The van der Waals surface area contributed by atoms with Gasteiger partial charge >= 0.3 is 12.2 Å². The van der Waals surface area contributed by atoms with E-state index in [1.54, 1.807) is 36.3 Å². The quantitative estimate of drug-likeness (QED) is 0.496. The number of anilines is 1. The van der Waals surface area contributed by atoms with Crippen LogP contribution in [-0.2, 0) is 20.5 Å². The van der Waals surface area contributed by atoms with Crippen molar-refractivity contribution in [2.75, 3.05) is 31.6 Å². The van der Waals surface area contributed by atoms with Crippen LogP contribution >= 0.6 is 0 Å². The lowest BCUT2D eigenvalue weighted by Crippen LogP contribution is -2.55. The number of rotatable bonds is 5. The predicted octanol–water partition coefficient (Wildman–Crippen LogP) is 5.20. The molecule has 1 aliphatic carbocycles. The van der Waals surface area contributed by atoms with Gasteiger partial charge in [0, 0.05) is 37.9 Å². The first-order valence-corrected chi connectivity index (χ1v) is 13.5. The van der Waals surface area contributed by atoms with Crippen LogP contribution in [0.25, 0.3) is 0 Å². The first kappa shape index (κ1) is 28.4. The van der Waals surface area contributed by atoms with Gasteiger partial charge in [0.2, 0.25) is 5.91 Å². The smallest absolute Gasteiger partial charge is 0.381 e. The van der Waals surface area contributed by atoms with E-state index in [-0.39, 0.29) is 42.0 Å². The van der Waals surface area contributed by atoms with Crippen molar-refractivity contribution < 1.29 is 32.3 Å². The molecule has 3 amide bonds. The van der Waals surface area contributed by atoms with Gasteiger partial charge in [0.05, 0.1) is 35.0 Å². The van der Waals surface area contributed by atoms with Gasteiger partial charge in [0.1, 0.15) is 6.54 Å². The molecular weight excluding hydrogens is 537 g/mol. The lowest BCUT2D eigenvalue weighted by Gasteiger charge is -2.45. The maximum atomic E-state index is 14.3. The summed E-state index contributed by atoms with van der Waals surface area (Å²) in [6, 6.07) is 11.3. The normalized spacial score (nSPS) is 20.3. The highest BCUT2D eigenvalue weighted by molar-refractivity contribution is 6.07. The summed E-state index contributed by atoms with van der Waals surface area (Å²) in [6.45, 7) is 0.497. The molecule has 2 aliphatic heterocycles. The van der Waals surface area contributed by atoms with E-state index in [2.05, 4.69) is 0 Å². The van der Waals surface area contributed by atoms with E-state index in [1.807, 2.05) is 6.07 Å². The van der Waals surface area contributed by atoms with Crippen LogP contribution < -0.4 is 4.90 Å². The number of piperidine rings is 1. The standard InChI is InChI=1S/C30H29F3N4O4/c1-41-23-12-14-35(15-13-23)26(39)18-36-28(20-10-8-19(17-34)9-11-20)27-24(6-3-7-25(27)38)37(29(36)40)22-5-2-4-21(16-22)30(31,32)33/h2,4-5,8-11,16,23,28H,3,6-7,12-15,18H2,1H3. The maximum absolute atomic E-state index is 14.3. The molecule has 214 valence electrons. The molecule has 2 heterocycles. The number of urea groups is 1. The van der Waals surface area contributed by atoms with Crippen molar-refractivity contribution in [2.24, 2.45) is 0 Å². The van der Waals surface area contributed by atoms with E-state index in [1.165, 1.54) is 17.0 Å². The number of halogens is 3. The van der Waals surface area contributed by atoms with Gasteiger partial charge in [-0.15, -0.1) is 0 Å². The van der Waals surface area contributed by atoms with Crippen molar-refractivity contribution in [3.8, 4) is 6.07 Å². The van der Waals surface area contributed by atoms with E-state index in [9.17, 15) is 32.8 Å². The Labute approximate surface area is 235 Å². The Kier molecular flexibility index (Phi) is 7.87. The molecule has 1 saturated heterocycles. The number of nitrogens with zero attached hydrogens (tertiary/aromatic N) is 4. The van der Waals surface area contributed by atoms with Gasteiger partial charge in [-0.2, -0.15) is 18.4 Å². The zero-order valence-corrected chi connectivity index (χ0v) is 22.5. The minimum atomic E-state index is -4.64. The van der Waals surface area contributed by atoms with E-state index in [0.717, 1.165) is 17.0 Å². The van der Waals surface area contributed by atoms with E-state index in [0.29, 0.717) is 55.6 Å². The van der Waals surface area contributed by atoms with Crippen LogP contribution in [0.15, 0.2) is 59.8 Å². The Morgan fingerprint density at radius 1 is 1.07 bits per heavy atom. The molecule has 0 spiro atoms. The number of ketones is 1. The predicted molar refractivity (Wildman–Crippen MR) is 142 cm³/mol. The number of likely N-dealkylation sites (tertiary alicyclic amines) is 1. The molecule has 0 radical (unpaired) electrons. The van der Waals surface area contributed by atoms with Crippen molar-refractivity contribution in [3.63, 3.8) is 0 Å². The number of Topliss-reactive ketones (excluding diaryl/α,β-unsaturated/α-hetero) is 1. The third kappa shape index (κ3) is 5.57. The average Bonchev–Trinajstić information content (AvgIpc) is 2.97. The molecule has 0 aromatic heterocycles. The van der Waals surface area contributed by atoms with E-state index in [4.69, 9.17) is 4.74 Å². The Hall–Kier alpha value is -4.17. The topological polar surface area (TPSA) is 93.9 Å². The van der Waals surface area contributed by atoms with Gasteiger partial charge in [-0.3, -0.25) is 14.5 Å². The molecular formula is C30H29F3N4O4. The summed E-state index contributed by atoms with van der Waals surface area (Å²) < 4.78 is 46.2. The van der Waals surface area contributed by atoms with Gasteiger partial charge in [-0.25, -0.2) is 4.79 Å². The highest BCUT2D eigenvalue weighted by Crippen LogP contribution is 2.44. The summed E-state index contributed by atoms with van der Waals surface area (Å²) in [6.07, 6.45) is -2.37. The second-order valence-electron chi connectivity index (χ2n) is 10.4. The number of methoxy groups -OCH3 is 1. The minimum Gasteiger partial charge on any atom is -0.381 e. The molecule has 2 aromatic rings. The molecule has 0 N–H and O–H groups in total. The highest BCUT2D eigenvalue weighted by atomic mass is 19.4. The Morgan fingerprint density at radius 2 is 1.78 bits per heavy atom. The summed E-state index contributed by atoms with van der Waals surface area (Å²) in [5.41, 5.74) is 0.589. The van der Waals surface area contributed by atoms with Crippen LogP contribution in [0.2, 0.25) is 0 Å². The summed E-state index contributed by atoms with van der Waals surface area (Å²) in [5.74, 6) is -0.564. The Balaban J connectivity index is 1.61. The molecule has 3 aliphatic rings. The van der Waals surface area contributed by atoms with E-state index >= 15 is 0 Å². The molecule has 2 aromatic carbocycles. The molecule has 1 unspecified atom stereocenters. The van der Waals surface area contributed by atoms with Crippen LogP contribution in [0.4, 0.5) is 23.7 Å². The third-order valence-electron chi connectivity index (χ3n) is 7.94. The molecule has 1 atom stereocenters. The SMILES string of the molecule is COC1CCN(C(=O)CN2C(=O)N(c3cccc(C(F)(F)F)c3)C3=C(C(=O)CCC3)C2c2ccc(C#N)cc2)CC1. The van der Waals surface area contributed by atoms with Crippen LogP contribution in [-0.4, -0.2) is 60.4 Å². The fraction of sp³-hybridized carbons (Fsp3) is 0.400. The number of benzene rings is 2. The molecule has 5 rings (SSSR count). The third-order valence-corrected chi connectivity index (χ3v) is 7.94. The van der Waals surface area contributed by atoms with Gasteiger partial charge < -0.3 is 14.5 Å². The van der Waals surface area contributed by atoms with E-state index < -0.39 is 23.8 Å². The second-order valence-corrected chi connectivity index (χ2v) is 10.4. The molecule has 1 fully saturated rings. The summed E-state index contributed by atoms with van der Waals surface area (Å²) in [5, 5.41) is 9.28. The van der Waals surface area contributed by atoms with Crippen LogP contribution in [0, 0.1) is 11.3 Å². The fourth-order valence-corrected chi connectivity index (χ4v) is 5.82.